The summed E-state index contributed by atoms with van der Waals surface area (Å²) in [6, 6.07) is 14.0. The van der Waals surface area contributed by atoms with Gasteiger partial charge in [-0.1, -0.05) is 18.2 Å². The zero-order chi connectivity index (χ0) is 22.8. The largest absolute Gasteiger partial charge is 0.508 e. The van der Waals surface area contributed by atoms with Crippen molar-refractivity contribution in [3.8, 4) is 17.2 Å². The van der Waals surface area contributed by atoms with Crippen molar-refractivity contribution < 1.29 is 14.6 Å². The number of halogens is 1. The molecule has 1 heterocycles. The first-order chi connectivity index (χ1) is 15.6. The van der Waals surface area contributed by atoms with E-state index in [4.69, 9.17) is 14.5 Å². The topological polar surface area (TPSA) is 78.4 Å². The molecule has 182 valence electrons. The van der Waals surface area contributed by atoms with Crippen LogP contribution in [-0.4, -0.2) is 62.9 Å². The minimum atomic E-state index is 0. The number of rotatable bonds is 10. The van der Waals surface area contributed by atoms with E-state index < -0.39 is 0 Å². The summed E-state index contributed by atoms with van der Waals surface area (Å²) in [5.41, 5.74) is 2.14. The Morgan fingerprint density at radius 3 is 2.30 bits per heavy atom. The number of hydrogen-bond acceptors (Lipinski definition) is 5. The lowest BCUT2D eigenvalue weighted by molar-refractivity contribution is 0.251. The van der Waals surface area contributed by atoms with Gasteiger partial charge in [-0.3, -0.25) is 9.89 Å². The van der Waals surface area contributed by atoms with Gasteiger partial charge in [0.1, 0.15) is 17.2 Å². The zero-order valence-electron chi connectivity index (χ0n) is 19.8. The van der Waals surface area contributed by atoms with Crippen molar-refractivity contribution in [3.63, 3.8) is 0 Å². The summed E-state index contributed by atoms with van der Waals surface area (Å²) in [5, 5.41) is 16.9. The van der Waals surface area contributed by atoms with Gasteiger partial charge in [-0.15, -0.1) is 24.0 Å². The summed E-state index contributed by atoms with van der Waals surface area (Å²) >= 11 is 0. The van der Waals surface area contributed by atoms with E-state index in [1.54, 1.807) is 20.3 Å². The Morgan fingerprint density at radius 1 is 1.03 bits per heavy atom. The standard InChI is InChI=1S/C25H36N4O3.HI/c1-4-26-25(27-14-13-20-9-12-22(32-3)17-24(20)30)28-18-23(29-15-5-6-16-29)19-7-10-21(31-2)11-8-19;/h7-12,17,23,30H,4-6,13-16,18H2,1-3H3,(H2,26,27,28);1H. The molecule has 0 spiro atoms. The summed E-state index contributed by atoms with van der Waals surface area (Å²) in [6.45, 7) is 6.41. The monoisotopic (exact) mass is 568 g/mol. The van der Waals surface area contributed by atoms with Crippen LogP contribution in [0.25, 0.3) is 0 Å². The van der Waals surface area contributed by atoms with Gasteiger partial charge >= 0.3 is 0 Å². The zero-order valence-corrected chi connectivity index (χ0v) is 22.2. The molecule has 33 heavy (non-hydrogen) atoms. The fourth-order valence-corrected chi connectivity index (χ4v) is 4.03. The summed E-state index contributed by atoms with van der Waals surface area (Å²) in [5.74, 6) is 2.56. The highest BCUT2D eigenvalue weighted by atomic mass is 127. The van der Waals surface area contributed by atoms with Gasteiger partial charge in [0, 0.05) is 19.2 Å². The third-order valence-electron chi connectivity index (χ3n) is 5.83. The molecule has 0 aliphatic carbocycles. The molecule has 1 aliphatic rings. The molecule has 0 aromatic heterocycles. The highest BCUT2D eigenvalue weighted by Crippen LogP contribution is 2.27. The van der Waals surface area contributed by atoms with Crippen LogP contribution in [0.5, 0.6) is 17.2 Å². The van der Waals surface area contributed by atoms with E-state index in [1.807, 2.05) is 24.3 Å². The number of aliphatic imine (C=N–C) groups is 1. The first-order valence-electron chi connectivity index (χ1n) is 11.4. The minimum Gasteiger partial charge on any atom is -0.508 e. The van der Waals surface area contributed by atoms with Crippen LogP contribution < -0.4 is 20.1 Å². The van der Waals surface area contributed by atoms with E-state index in [0.717, 1.165) is 36.9 Å². The van der Waals surface area contributed by atoms with Crippen LogP contribution >= 0.6 is 24.0 Å². The van der Waals surface area contributed by atoms with Gasteiger partial charge in [-0.2, -0.15) is 0 Å². The van der Waals surface area contributed by atoms with Crippen molar-refractivity contribution >= 4 is 29.9 Å². The number of ether oxygens (including phenoxy) is 2. The molecule has 1 saturated heterocycles. The predicted molar refractivity (Wildman–Crippen MR) is 144 cm³/mol. The number of aromatic hydroxyl groups is 1. The highest BCUT2D eigenvalue weighted by Gasteiger charge is 2.23. The van der Waals surface area contributed by atoms with E-state index >= 15 is 0 Å². The Hall–Kier alpha value is -2.20. The van der Waals surface area contributed by atoms with Crippen molar-refractivity contribution in [1.29, 1.82) is 0 Å². The van der Waals surface area contributed by atoms with E-state index in [9.17, 15) is 5.11 Å². The number of phenolic OH excluding ortho intramolecular Hbond substituents is 1. The summed E-state index contributed by atoms with van der Waals surface area (Å²) in [4.78, 5) is 7.42. The molecule has 7 nitrogen and oxygen atoms in total. The highest BCUT2D eigenvalue weighted by molar-refractivity contribution is 14.0. The number of nitrogens with one attached hydrogen (secondary N) is 2. The minimum absolute atomic E-state index is 0. The molecular formula is C25H37IN4O3. The van der Waals surface area contributed by atoms with Crippen LogP contribution in [0, 0.1) is 0 Å². The van der Waals surface area contributed by atoms with E-state index in [1.165, 1.54) is 18.4 Å². The lowest BCUT2D eigenvalue weighted by Gasteiger charge is -2.27. The van der Waals surface area contributed by atoms with Crippen molar-refractivity contribution in [3.05, 3.63) is 53.6 Å². The van der Waals surface area contributed by atoms with Crippen molar-refractivity contribution in [1.82, 2.24) is 15.5 Å². The van der Waals surface area contributed by atoms with Crippen LogP contribution in [0.2, 0.25) is 0 Å². The van der Waals surface area contributed by atoms with Crippen molar-refractivity contribution in [2.24, 2.45) is 4.99 Å². The Labute approximate surface area is 214 Å². The van der Waals surface area contributed by atoms with Crippen LogP contribution in [0.1, 0.15) is 36.9 Å². The van der Waals surface area contributed by atoms with Crippen LogP contribution in [0.4, 0.5) is 0 Å². The number of likely N-dealkylation sites (tertiary alicyclic amines) is 1. The van der Waals surface area contributed by atoms with Gasteiger partial charge in [-0.05, 0) is 68.6 Å². The maximum atomic E-state index is 10.2. The fourth-order valence-electron chi connectivity index (χ4n) is 4.03. The Morgan fingerprint density at radius 2 is 1.70 bits per heavy atom. The Balaban J connectivity index is 0.00000385. The molecule has 0 amide bonds. The summed E-state index contributed by atoms with van der Waals surface area (Å²) < 4.78 is 10.5. The SMILES string of the molecule is CCNC(=NCC(c1ccc(OC)cc1)N1CCCC1)NCCc1ccc(OC)cc1O.I. The van der Waals surface area contributed by atoms with E-state index in [0.29, 0.717) is 25.3 Å². The number of nitrogens with zero attached hydrogens (tertiary/aromatic N) is 2. The first-order valence-corrected chi connectivity index (χ1v) is 11.4. The molecule has 2 aromatic rings. The molecular weight excluding hydrogens is 531 g/mol. The van der Waals surface area contributed by atoms with Gasteiger partial charge in [-0.25, -0.2) is 0 Å². The number of phenols is 1. The number of guanidine groups is 1. The third-order valence-corrected chi connectivity index (χ3v) is 5.83. The van der Waals surface area contributed by atoms with Crippen LogP contribution in [0.3, 0.4) is 0 Å². The number of benzene rings is 2. The van der Waals surface area contributed by atoms with Crippen LogP contribution in [0.15, 0.2) is 47.5 Å². The summed E-state index contributed by atoms with van der Waals surface area (Å²) in [7, 11) is 3.29. The molecule has 1 atom stereocenters. The second kappa shape index (κ2) is 14.1. The van der Waals surface area contributed by atoms with Crippen molar-refractivity contribution in [2.75, 3.05) is 46.9 Å². The predicted octanol–water partition coefficient (Wildman–Crippen LogP) is 3.96. The maximum Gasteiger partial charge on any atom is 0.191 e. The van der Waals surface area contributed by atoms with Gasteiger partial charge < -0.3 is 25.2 Å². The molecule has 1 fully saturated rings. The quantitative estimate of drug-likeness (QED) is 0.229. The van der Waals surface area contributed by atoms with Gasteiger partial charge in [0.05, 0.1) is 26.8 Å². The lowest BCUT2D eigenvalue weighted by Crippen LogP contribution is -2.39. The van der Waals surface area contributed by atoms with E-state index in [2.05, 4.69) is 34.6 Å². The second-order valence-corrected chi connectivity index (χ2v) is 7.92. The third kappa shape index (κ3) is 7.96. The molecule has 1 unspecified atom stereocenters. The molecule has 2 aromatic carbocycles. The molecule has 1 aliphatic heterocycles. The van der Waals surface area contributed by atoms with Crippen LogP contribution in [-0.2, 0) is 6.42 Å². The van der Waals surface area contributed by atoms with E-state index in [-0.39, 0.29) is 35.8 Å². The Bertz CT molecular complexity index is 870. The molecule has 0 bridgehead atoms. The average Bonchev–Trinajstić information content (AvgIpc) is 3.35. The lowest BCUT2D eigenvalue weighted by atomic mass is 10.1. The van der Waals surface area contributed by atoms with Crippen molar-refractivity contribution in [2.45, 2.75) is 32.2 Å². The summed E-state index contributed by atoms with van der Waals surface area (Å²) in [6.07, 6.45) is 3.16. The number of hydrogen-bond donors (Lipinski definition) is 3. The molecule has 3 rings (SSSR count). The average molecular weight is 569 g/mol. The van der Waals surface area contributed by atoms with Gasteiger partial charge in [0.2, 0.25) is 0 Å². The molecule has 0 saturated carbocycles. The molecule has 8 heteroatoms. The normalized spacial score (nSPS) is 14.9. The second-order valence-electron chi connectivity index (χ2n) is 7.92. The van der Waals surface area contributed by atoms with Gasteiger partial charge in [0.15, 0.2) is 5.96 Å². The number of methoxy groups -OCH3 is 2. The molecule has 3 N–H and O–H groups in total. The maximum absolute atomic E-state index is 10.2. The molecule has 0 radical (unpaired) electrons. The van der Waals surface area contributed by atoms with Gasteiger partial charge in [0.25, 0.3) is 0 Å². The first kappa shape index (κ1) is 27.0. The smallest absolute Gasteiger partial charge is 0.191 e. The fraction of sp³-hybridized carbons (Fsp3) is 0.480. The Kier molecular flexibility index (Phi) is 11.6.